The van der Waals surface area contributed by atoms with Crippen molar-refractivity contribution in [3.8, 4) is 17.2 Å². The topological polar surface area (TPSA) is 74.2 Å². The average molecular weight is 340 g/mol. The molecule has 0 bridgehead atoms. The predicted molar refractivity (Wildman–Crippen MR) is 80.4 cm³/mol. The third-order valence-corrected chi connectivity index (χ3v) is 4.15. The van der Waals surface area contributed by atoms with Crippen molar-refractivity contribution in [3.63, 3.8) is 0 Å². The lowest BCUT2D eigenvalue weighted by molar-refractivity contribution is 0.350. The maximum atomic E-state index is 6.27. The van der Waals surface area contributed by atoms with E-state index in [9.17, 15) is 0 Å². The van der Waals surface area contributed by atoms with Gasteiger partial charge >= 0.3 is 0 Å². The highest BCUT2D eigenvalue weighted by Crippen LogP contribution is 2.31. The molecule has 2 rings (SSSR count). The molecule has 1 aromatic heterocycles. The van der Waals surface area contributed by atoms with Crippen molar-refractivity contribution >= 4 is 15.9 Å². The molecule has 0 fully saturated rings. The largest absolute Gasteiger partial charge is 0.496 e. The van der Waals surface area contributed by atoms with Crippen LogP contribution in [-0.2, 0) is 5.54 Å². The molecule has 2 aromatic rings. The van der Waals surface area contributed by atoms with E-state index in [0.717, 1.165) is 28.6 Å². The van der Waals surface area contributed by atoms with Gasteiger partial charge in [-0.2, -0.15) is 4.98 Å². The van der Waals surface area contributed by atoms with Crippen LogP contribution in [0.2, 0.25) is 0 Å². The van der Waals surface area contributed by atoms with E-state index >= 15 is 0 Å². The van der Waals surface area contributed by atoms with E-state index in [-0.39, 0.29) is 0 Å². The Bertz CT molecular complexity index is 594. The summed E-state index contributed by atoms with van der Waals surface area (Å²) in [5.74, 6) is 1.76. The molecule has 20 heavy (non-hydrogen) atoms. The number of hydrogen-bond donors (Lipinski definition) is 1. The van der Waals surface area contributed by atoms with Crippen LogP contribution in [0.25, 0.3) is 11.5 Å². The van der Waals surface area contributed by atoms with Gasteiger partial charge in [0.25, 0.3) is 5.89 Å². The first-order valence-corrected chi connectivity index (χ1v) is 7.30. The minimum atomic E-state index is -0.536. The normalized spacial score (nSPS) is 11.7. The Kier molecular flexibility index (Phi) is 4.45. The van der Waals surface area contributed by atoms with Crippen LogP contribution in [0.5, 0.6) is 5.75 Å². The summed E-state index contributed by atoms with van der Waals surface area (Å²) in [7, 11) is 1.62. The lowest BCUT2D eigenvalue weighted by Crippen LogP contribution is -2.36. The molecule has 0 aliphatic carbocycles. The quantitative estimate of drug-likeness (QED) is 0.902. The molecular weight excluding hydrogens is 322 g/mol. The Morgan fingerprint density at radius 3 is 2.60 bits per heavy atom. The zero-order chi connectivity index (χ0) is 14.8. The van der Waals surface area contributed by atoms with Crippen molar-refractivity contribution in [1.29, 1.82) is 0 Å². The Morgan fingerprint density at radius 2 is 2.05 bits per heavy atom. The molecule has 1 heterocycles. The summed E-state index contributed by atoms with van der Waals surface area (Å²) in [5.41, 5.74) is 6.56. The smallest absolute Gasteiger partial charge is 0.258 e. The minimum absolute atomic E-state index is 0.458. The molecule has 0 saturated carbocycles. The second-order valence-electron chi connectivity index (χ2n) is 4.64. The van der Waals surface area contributed by atoms with E-state index in [0.29, 0.717) is 11.7 Å². The summed E-state index contributed by atoms with van der Waals surface area (Å²) < 4.78 is 11.4. The standard InChI is InChI=1S/C14H18BrN3O2/c1-4-14(16,5-2)13-17-12(20-18-13)9-6-7-11(19-3)10(15)8-9/h6-8H,4-5,16H2,1-3H3. The van der Waals surface area contributed by atoms with E-state index in [1.54, 1.807) is 7.11 Å². The number of aromatic nitrogens is 2. The number of hydrogen-bond acceptors (Lipinski definition) is 5. The number of halogens is 1. The second-order valence-corrected chi connectivity index (χ2v) is 5.49. The van der Waals surface area contributed by atoms with Crippen molar-refractivity contribution in [2.45, 2.75) is 32.2 Å². The number of ether oxygens (including phenoxy) is 1. The van der Waals surface area contributed by atoms with Gasteiger partial charge in [0, 0.05) is 5.56 Å². The lowest BCUT2D eigenvalue weighted by Gasteiger charge is -2.21. The monoisotopic (exact) mass is 339 g/mol. The van der Waals surface area contributed by atoms with Crippen LogP contribution in [0.3, 0.4) is 0 Å². The Balaban J connectivity index is 2.36. The fourth-order valence-corrected chi connectivity index (χ4v) is 2.45. The fourth-order valence-electron chi connectivity index (χ4n) is 1.91. The van der Waals surface area contributed by atoms with E-state index in [1.165, 1.54) is 0 Å². The van der Waals surface area contributed by atoms with Crippen LogP contribution in [0.1, 0.15) is 32.5 Å². The van der Waals surface area contributed by atoms with Gasteiger partial charge in [-0.25, -0.2) is 0 Å². The fraction of sp³-hybridized carbons (Fsp3) is 0.429. The van der Waals surface area contributed by atoms with Gasteiger partial charge in [-0.1, -0.05) is 19.0 Å². The molecule has 2 N–H and O–H groups in total. The number of nitrogens with zero attached hydrogens (tertiary/aromatic N) is 2. The second kappa shape index (κ2) is 5.93. The van der Waals surface area contributed by atoms with Crippen molar-refractivity contribution < 1.29 is 9.26 Å². The number of rotatable bonds is 5. The van der Waals surface area contributed by atoms with Crippen molar-refractivity contribution in [1.82, 2.24) is 10.1 Å². The Morgan fingerprint density at radius 1 is 1.35 bits per heavy atom. The van der Waals surface area contributed by atoms with Crippen LogP contribution >= 0.6 is 15.9 Å². The van der Waals surface area contributed by atoms with Gasteiger partial charge in [0.1, 0.15) is 5.75 Å². The van der Waals surface area contributed by atoms with Crippen molar-refractivity contribution in [3.05, 3.63) is 28.5 Å². The summed E-state index contributed by atoms with van der Waals surface area (Å²) in [6.45, 7) is 4.03. The zero-order valence-electron chi connectivity index (χ0n) is 11.8. The summed E-state index contributed by atoms with van der Waals surface area (Å²) in [6.07, 6.45) is 1.52. The van der Waals surface area contributed by atoms with Crippen LogP contribution in [0.4, 0.5) is 0 Å². The SMILES string of the molecule is CCC(N)(CC)c1noc(-c2ccc(OC)c(Br)c2)n1. The maximum absolute atomic E-state index is 6.27. The van der Waals surface area contributed by atoms with E-state index in [4.69, 9.17) is 15.0 Å². The summed E-state index contributed by atoms with van der Waals surface area (Å²) >= 11 is 3.44. The van der Waals surface area contributed by atoms with Crippen LogP contribution in [0.15, 0.2) is 27.2 Å². The molecule has 0 atom stereocenters. The lowest BCUT2D eigenvalue weighted by atomic mass is 9.93. The summed E-state index contributed by atoms with van der Waals surface area (Å²) in [6, 6.07) is 5.60. The van der Waals surface area contributed by atoms with Crippen molar-refractivity contribution in [2.75, 3.05) is 7.11 Å². The molecule has 0 amide bonds. The number of nitrogens with two attached hydrogens (primary N) is 1. The van der Waals surface area contributed by atoms with E-state index < -0.39 is 5.54 Å². The summed E-state index contributed by atoms with van der Waals surface area (Å²) in [4.78, 5) is 4.43. The number of benzene rings is 1. The van der Waals surface area contributed by atoms with Gasteiger partial charge in [0.05, 0.1) is 17.1 Å². The molecule has 5 nitrogen and oxygen atoms in total. The van der Waals surface area contributed by atoms with Gasteiger partial charge in [-0.05, 0) is 47.0 Å². The average Bonchev–Trinajstić information content (AvgIpc) is 2.96. The highest BCUT2D eigenvalue weighted by atomic mass is 79.9. The van der Waals surface area contributed by atoms with Gasteiger partial charge in [-0.15, -0.1) is 0 Å². The molecule has 0 radical (unpaired) electrons. The van der Waals surface area contributed by atoms with Gasteiger partial charge in [0.15, 0.2) is 5.82 Å². The number of methoxy groups -OCH3 is 1. The van der Waals surface area contributed by atoms with E-state index in [1.807, 2.05) is 32.0 Å². The van der Waals surface area contributed by atoms with E-state index in [2.05, 4.69) is 26.1 Å². The van der Waals surface area contributed by atoms with Crippen LogP contribution in [-0.4, -0.2) is 17.3 Å². The first-order chi connectivity index (χ1) is 9.54. The molecule has 0 spiro atoms. The first kappa shape index (κ1) is 15.0. The Hall–Kier alpha value is -1.40. The molecule has 0 aliphatic heterocycles. The molecule has 6 heteroatoms. The minimum Gasteiger partial charge on any atom is -0.496 e. The van der Waals surface area contributed by atoms with Gasteiger partial charge in [-0.3, -0.25) is 0 Å². The molecular formula is C14H18BrN3O2. The van der Waals surface area contributed by atoms with Gasteiger partial charge in [0.2, 0.25) is 0 Å². The molecule has 0 aliphatic rings. The Labute approximate surface area is 126 Å². The predicted octanol–water partition coefficient (Wildman–Crippen LogP) is 3.48. The first-order valence-electron chi connectivity index (χ1n) is 6.51. The van der Waals surface area contributed by atoms with Crippen LogP contribution in [0, 0.1) is 0 Å². The van der Waals surface area contributed by atoms with Gasteiger partial charge < -0.3 is 15.0 Å². The highest BCUT2D eigenvalue weighted by Gasteiger charge is 2.29. The molecule has 1 aromatic carbocycles. The van der Waals surface area contributed by atoms with Crippen molar-refractivity contribution in [2.24, 2.45) is 5.73 Å². The molecule has 0 unspecified atom stereocenters. The maximum Gasteiger partial charge on any atom is 0.258 e. The van der Waals surface area contributed by atoms with Crippen LogP contribution < -0.4 is 10.5 Å². The molecule has 108 valence electrons. The third kappa shape index (κ3) is 2.71. The molecule has 0 saturated heterocycles. The summed E-state index contributed by atoms with van der Waals surface area (Å²) in [5, 5.41) is 4.02. The third-order valence-electron chi connectivity index (χ3n) is 3.53. The highest BCUT2D eigenvalue weighted by molar-refractivity contribution is 9.10. The zero-order valence-corrected chi connectivity index (χ0v) is 13.4.